The van der Waals surface area contributed by atoms with Gasteiger partial charge in [-0.1, -0.05) is 30.3 Å². The number of hydrogen-bond acceptors (Lipinski definition) is 4. The van der Waals surface area contributed by atoms with Crippen molar-refractivity contribution in [2.24, 2.45) is 17.8 Å². The van der Waals surface area contributed by atoms with Gasteiger partial charge in [0.25, 0.3) is 0 Å². The van der Waals surface area contributed by atoms with E-state index in [9.17, 15) is 18.4 Å². The van der Waals surface area contributed by atoms with Gasteiger partial charge in [0.1, 0.15) is 12.4 Å². The van der Waals surface area contributed by atoms with Crippen LogP contribution >= 0.6 is 0 Å². The largest absolute Gasteiger partial charge is 0.490 e. The van der Waals surface area contributed by atoms with E-state index < -0.39 is 24.0 Å². The molecule has 2 aliphatic rings. The maximum Gasteiger partial charge on any atom is 0.410 e. The highest BCUT2D eigenvalue weighted by Gasteiger charge is 2.43. The molecule has 2 fully saturated rings. The molecular weight excluding hydrogens is 444 g/mol. The number of likely N-dealkylation sites (tertiary alicyclic amines) is 1. The first kappa shape index (κ1) is 24.0. The summed E-state index contributed by atoms with van der Waals surface area (Å²) in [6.45, 7) is 1.92. The van der Waals surface area contributed by atoms with Crippen LogP contribution in [0, 0.1) is 29.4 Å². The number of ether oxygens (including phenoxy) is 2. The van der Waals surface area contributed by atoms with E-state index in [0.29, 0.717) is 30.8 Å². The Bertz CT molecular complexity index is 1010. The van der Waals surface area contributed by atoms with Crippen LogP contribution in [0.1, 0.15) is 36.8 Å². The van der Waals surface area contributed by atoms with E-state index in [1.165, 1.54) is 0 Å². The Morgan fingerprint density at radius 1 is 1.06 bits per heavy atom. The van der Waals surface area contributed by atoms with E-state index in [1.807, 2.05) is 30.3 Å². The fraction of sp³-hybridized carbons (Fsp3) is 0.462. The topological polar surface area (TPSA) is 76.1 Å². The number of carboxylic acids is 1. The lowest BCUT2D eigenvalue weighted by Gasteiger charge is -2.31. The molecule has 1 aliphatic carbocycles. The molecule has 182 valence electrons. The first-order chi connectivity index (χ1) is 16.4. The Labute approximate surface area is 197 Å². The van der Waals surface area contributed by atoms with Crippen molar-refractivity contribution in [3.8, 4) is 5.75 Å². The second-order valence-corrected chi connectivity index (χ2v) is 9.11. The van der Waals surface area contributed by atoms with Gasteiger partial charge in [0, 0.05) is 24.7 Å². The zero-order chi connectivity index (χ0) is 24.1. The van der Waals surface area contributed by atoms with E-state index >= 15 is 0 Å². The molecule has 2 aromatic carbocycles. The zero-order valence-electron chi connectivity index (χ0n) is 18.9. The van der Waals surface area contributed by atoms with Gasteiger partial charge in [-0.2, -0.15) is 0 Å². The number of carbonyl (C=O) groups excluding carboxylic acids is 1. The Kier molecular flexibility index (Phi) is 7.65. The van der Waals surface area contributed by atoms with Crippen molar-refractivity contribution >= 4 is 12.1 Å². The number of piperidine rings is 1. The fourth-order valence-corrected chi connectivity index (χ4v) is 4.80. The Morgan fingerprint density at radius 2 is 1.79 bits per heavy atom. The predicted octanol–water partition coefficient (Wildman–Crippen LogP) is 5.05. The highest BCUT2D eigenvalue weighted by atomic mass is 19.1. The number of carbonyl (C=O) groups is 2. The molecular formula is C26H29F2NO5. The average molecular weight is 474 g/mol. The highest BCUT2D eigenvalue weighted by molar-refractivity contribution is 5.70. The van der Waals surface area contributed by atoms with Crippen LogP contribution in [0.15, 0.2) is 42.5 Å². The number of aliphatic carboxylic acids is 1. The molecule has 0 bridgehead atoms. The molecule has 1 unspecified atom stereocenters. The Balaban J connectivity index is 1.15. The van der Waals surface area contributed by atoms with Gasteiger partial charge in [0.2, 0.25) is 0 Å². The first-order valence-electron chi connectivity index (χ1n) is 11.7. The summed E-state index contributed by atoms with van der Waals surface area (Å²) in [4.78, 5) is 24.8. The number of halogens is 2. The van der Waals surface area contributed by atoms with Crippen LogP contribution in [0.3, 0.4) is 0 Å². The first-order valence-corrected chi connectivity index (χ1v) is 11.7. The third-order valence-corrected chi connectivity index (χ3v) is 6.77. The quantitative estimate of drug-likeness (QED) is 0.552. The summed E-state index contributed by atoms with van der Waals surface area (Å²) >= 11 is 0. The van der Waals surface area contributed by atoms with Crippen LogP contribution in [-0.2, 0) is 22.6 Å². The van der Waals surface area contributed by atoms with Crippen LogP contribution in [-0.4, -0.2) is 41.8 Å². The standard InChI is InChI=1S/C26H29F2NO5/c27-22-15-24(23(28)13-20(22)14-25(30)31)33-11-8-19-12-21(19)18-6-9-29(10-7-18)26(32)34-16-17-4-2-1-3-5-17/h1-5,13,15,18-19,21H,6-12,14,16H2,(H,30,31)/t19-,21?/m1/s1. The third kappa shape index (κ3) is 6.24. The van der Waals surface area contributed by atoms with Gasteiger partial charge in [-0.25, -0.2) is 13.6 Å². The van der Waals surface area contributed by atoms with Gasteiger partial charge in [0.15, 0.2) is 11.6 Å². The summed E-state index contributed by atoms with van der Waals surface area (Å²) < 4.78 is 39.0. The molecule has 6 nitrogen and oxygen atoms in total. The van der Waals surface area contributed by atoms with Gasteiger partial charge >= 0.3 is 12.1 Å². The molecule has 0 aromatic heterocycles. The van der Waals surface area contributed by atoms with E-state index in [4.69, 9.17) is 14.6 Å². The Morgan fingerprint density at radius 3 is 2.50 bits per heavy atom. The van der Waals surface area contributed by atoms with Crippen LogP contribution in [0.25, 0.3) is 0 Å². The predicted molar refractivity (Wildman–Crippen MR) is 120 cm³/mol. The van der Waals surface area contributed by atoms with E-state index in [0.717, 1.165) is 43.4 Å². The monoisotopic (exact) mass is 473 g/mol. The molecule has 0 radical (unpaired) electrons. The minimum absolute atomic E-state index is 0.189. The van der Waals surface area contributed by atoms with Crippen molar-refractivity contribution in [3.63, 3.8) is 0 Å². The fourth-order valence-electron chi connectivity index (χ4n) is 4.80. The average Bonchev–Trinajstić information content (AvgIpc) is 3.60. The van der Waals surface area contributed by atoms with Crippen LogP contribution < -0.4 is 4.74 Å². The molecule has 2 atom stereocenters. The van der Waals surface area contributed by atoms with Crippen molar-refractivity contribution in [2.45, 2.75) is 38.7 Å². The molecule has 2 aromatic rings. The second kappa shape index (κ2) is 10.8. The van der Waals surface area contributed by atoms with Crippen molar-refractivity contribution in [3.05, 3.63) is 65.2 Å². The van der Waals surface area contributed by atoms with Crippen molar-refractivity contribution < 1.29 is 33.0 Å². The van der Waals surface area contributed by atoms with Gasteiger partial charge in [-0.3, -0.25) is 4.79 Å². The lowest BCUT2D eigenvalue weighted by Crippen LogP contribution is -2.39. The van der Waals surface area contributed by atoms with Crippen molar-refractivity contribution in [1.29, 1.82) is 0 Å². The molecule has 1 saturated heterocycles. The van der Waals surface area contributed by atoms with E-state index in [1.54, 1.807) is 4.90 Å². The molecule has 0 spiro atoms. The maximum atomic E-state index is 14.1. The van der Waals surface area contributed by atoms with Crippen molar-refractivity contribution in [2.75, 3.05) is 19.7 Å². The lowest BCUT2D eigenvalue weighted by molar-refractivity contribution is -0.136. The summed E-state index contributed by atoms with van der Waals surface area (Å²) in [5.74, 6) is -1.33. The molecule has 1 aliphatic heterocycles. The van der Waals surface area contributed by atoms with Crippen molar-refractivity contribution in [1.82, 2.24) is 4.90 Å². The van der Waals surface area contributed by atoms with E-state index in [2.05, 4.69) is 0 Å². The highest BCUT2D eigenvalue weighted by Crippen LogP contribution is 2.49. The molecule has 1 heterocycles. The molecule has 4 rings (SSSR count). The van der Waals surface area contributed by atoms with Crippen LogP contribution in [0.5, 0.6) is 5.75 Å². The minimum atomic E-state index is -1.22. The molecule has 1 saturated carbocycles. The summed E-state index contributed by atoms with van der Waals surface area (Å²) in [6.07, 6.45) is 2.87. The summed E-state index contributed by atoms with van der Waals surface area (Å²) in [6, 6.07) is 11.4. The van der Waals surface area contributed by atoms with Gasteiger partial charge < -0.3 is 19.5 Å². The Hall–Kier alpha value is -3.16. The summed E-state index contributed by atoms with van der Waals surface area (Å²) in [5, 5.41) is 8.76. The molecule has 1 amide bonds. The normalized spacial score (nSPS) is 20.1. The number of hydrogen-bond donors (Lipinski definition) is 1. The number of nitrogens with zero attached hydrogens (tertiary/aromatic N) is 1. The number of amides is 1. The van der Waals surface area contributed by atoms with Gasteiger partial charge in [-0.15, -0.1) is 0 Å². The lowest BCUT2D eigenvalue weighted by atomic mass is 9.91. The van der Waals surface area contributed by atoms with Gasteiger partial charge in [0.05, 0.1) is 13.0 Å². The van der Waals surface area contributed by atoms with Crippen LogP contribution in [0.2, 0.25) is 0 Å². The summed E-state index contributed by atoms with van der Waals surface area (Å²) in [7, 11) is 0. The zero-order valence-corrected chi connectivity index (χ0v) is 18.9. The number of benzene rings is 2. The third-order valence-electron chi connectivity index (χ3n) is 6.77. The molecule has 1 N–H and O–H groups in total. The number of carboxylic acid groups (broad SMARTS) is 1. The minimum Gasteiger partial charge on any atom is -0.490 e. The smallest absolute Gasteiger partial charge is 0.410 e. The van der Waals surface area contributed by atoms with Gasteiger partial charge in [-0.05, 0) is 55.1 Å². The molecule has 8 heteroatoms. The van der Waals surface area contributed by atoms with Crippen LogP contribution in [0.4, 0.5) is 13.6 Å². The number of rotatable bonds is 9. The second-order valence-electron chi connectivity index (χ2n) is 9.11. The summed E-state index contributed by atoms with van der Waals surface area (Å²) in [5.41, 5.74) is 0.766. The SMILES string of the molecule is O=C(O)Cc1cc(F)c(OCC[C@@H]2CC2C2CCN(C(=O)OCc3ccccc3)CC2)cc1F. The maximum absolute atomic E-state index is 14.1. The molecule has 34 heavy (non-hydrogen) atoms. The van der Waals surface area contributed by atoms with E-state index in [-0.39, 0.29) is 30.6 Å².